The van der Waals surface area contributed by atoms with Crippen molar-refractivity contribution in [2.75, 3.05) is 19.8 Å². The van der Waals surface area contributed by atoms with Crippen molar-refractivity contribution in [2.24, 2.45) is 0 Å². The Morgan fingerprint density at radius 2 is 1.69 bits per heavy atom. The van der Waals surface area contributed by atoms with E-state index >= 15 is 0 Å². The summed E-state index contributed by atoms with van der Waals surface area (Å²) in [5.74, 6) is 1.17. The molecule has 2 heterocycles. The number of carbonyl (C=O) groups excluding carboxylic acids is 2. The molecule has 184 valence electrons. The maximum Gasteiger partial charge on any atom is 0.344 e. The molecule has 36 heavy (non-hydrogen) atoms. The summed E-state index contributed by atoms with van der Waals surface area (Å²) in [7, 11) is 0. The van der Waals surface area contributed by atoms with E-state index in [2.05, 4.69) is 0 Å². The van der Waals surface area contributed by atoms with E-state index in [0.29, 0.717) is 30.2 Å². The first-order chi connectivity index (χ1) is 17.5. The number of aryl methyl sites for hydroxylation is 1. The van der Waals surface area contributed by atoms with Gasteiger partial charge in [0.2, 0.25) is 5.78 Å². The van der Waals surface area contributed by atoms with Crippen molar-refractivity contribution < 1.29 is 28.5 Å². The predicted octanol–water partition coefficient (Wildman–Crippen LogP) is 4.90. The summed E-state index contributed by atoms with van der Waals surface area (Å²) in [5, 5.41) is 1.93. The van der Waals surface area contributed by atoms with Crippen molar-refractivity contribution in [3.8, 4) is 17.2 Å². The lowest BCUT2D eigenvalue weighted by Gasteiger charge is -2.27. The fraction of sp³-hybridized carbons (Fsp3) is 0.241. The molecule has 1 aromatic heterocycles. The molecule has 4 aromatic rings. The smallest absolute Gasteiger partial charge is 0.344 e. The fourth-order valence-electron chi connectivity index (χ4n) is 4.44. The minimum absolute atomic E-state index is 0.184. The average molecular weight is 486 g/mol. The van der Waals surface area contributed by atoms with Gasteiger partial charge in [0.25, 0.3) is 0 Å². The van der Waals surface area contributed by atoms with Crippen molar-refractivity contribution in [3.63, 3.8) is 0 Å². The van der Waals surface area contributed by atoms with E-state index in [0.717, 1.165) is 27.9 Å². The molecule has 1 aliphatic heterocycles. The van der Waals surface area contributed by atoms with Gasteiger partial charge < -0.3 is 23.5 Å². The Bertz CT molecular complexity index is 1420. The summed E-state index contributed by atoms with van der Waals surface area (Å²) in [6, 6.07) is 22.8. The zero-order valence-corrected chi connectivity index (χ0v) is 20.2. The third-order valence-corrected chi connectivity index (χ3v) is 6.29. The largest absolute Gasteiger partial charge is 0.486 e. The second-order valence-corrected chi connectivity index (χ2v) is 8.74. The first-order valence-corrected chi connectivity index (χ1v) is 11.8. The summed E-state index contributed by atoms with van der Waals surface area (Å²) in [5.41, 5.74) is 2.24. The Hall–Kier alpha value is -4.26. The number of para-hydroxylation sites is 2. The summed E-state index contributed by atoms with van der Waals surface area (Å²) in [4.78, 5) is 25.1. The molecular weight excluding hydrogens is 458 g/mol. The predicted molar refractivity (Wildman–Crippen MR) is 135 cm³/mol. The number of rotatable bonds is 8. The van der Waals surface area contributed by atoms with Crippen LogP contribution in [0.5, 0.6) is 17.2 Å². The van der Waals surface area contributed by atoms with Crippen LogP contribution in [0.3, 0.4) is 0 Å². The van der Waals surface area contributed by atoms with E-state index in [9.17, 15) is 9.59 Å². The minimum atomic E-state index is -0.600. The van der Waals surface area contributed by atoms with Crippen LogP contribution >= 0.6 is 0 Å². The van der Waals surface area contributed by atoms with E-state index in [1.165, 1.54) is 0 Å². The van der Waals surface area contributed by atoms with Crippen LogP contribution in [0.4, 0.5) is 0 Å². The number of hydrogen-bond acceptors (Lipinski definition) is 6. The van der Waals surface area contributed by atoms with E-state index < -0.39 is 5.97 Å². The lowest BCUT2D eigenvalue weighted by atomic mass is 10.1. The number of hydrogen-bond donors (Lipinski definition) is 0. The molecule has 0 saturated heterocycles. The second-order valence-electron chi connectivity index (χ2n) is 8.74. The number of ketones is 1. The van der Waals surface area contributed by atoms with Gasteiger partial charge in [0.1, 0.15) is 12.4 Å². The molecule has 1 atom stereocenters. The van der Waals surface area contributed by atoms with Gasteiger partial charge in [-0.1, -0.05) is 48.5 Å². The van der Waals surface area contributed by atoms with Gasteiger partial charge in [-0.15, -0.1) is 0 Å². The van der Waals surface area contributed by atoms with Gasteiger partial charge in [-0.05, 0) is 43.5 Å². The third-order valence-electron chi connectivity index (χ3n) is 6.29. The van der Waals surface area contributed by atoms with Crippen LogP contribution in [-0.4, -0.2) is 42.2 Å². The average Bonchev–Trinajstić information content (AvgIpc) is 3.19. The molecule has 1 aliphatic rings. The standard InChI is InChI=1S/C29H27NO6/c1-19-14-24(20(2)30(19)15-22-16-33-27-11-5-6-12-28(27)36-22)25(31)17-35-29(32)18-34-26-13-7-9-21-8-3-4-10-23(21)26/h3-14,22H,15-18H2,1-2H3. The molecular formula is C29H27NO6. The van der Waals surface area contributed by atoms with Crippen LogP contribution in [0.25, 0.3) is 10.8 Å². The molecule has 7 nitrogen and oxygen atoms in total. The van der Waals surface area contributed by atoms with Crippen molar-refractivity contribution in [1.82, 2.24) is 4.57 Å². The number of benzene rings is 3. The Kier molecular flexibility index (Phi) is 6.62. The number of Topliss-reactive ketones (excluding diaryl/α,β-unsaturated/α-hetero) is 1. The third kappa shape index (κ3) is 4.91. The number of ether oxygens (including phenoxy) is 4. The molecule has 0 N–H and O–H groups in total. The number of aromatic nitrogens is 1. The molecule has 1 unspecified atom stereocenters. The summed E-state index contributed by atoms with van der Waals surface area (Å²) in [6.45, 7) is 4.15. The highest BCUT2D eigenvalue weighted by Gasteiger charge is 2.24. The molecule has 3 aromatic carbocycles. The van der Waals surface area contributed by atoms with E-state index in [4.69, 9.17) is 18.9 Å². The van der Waals surface area contributed by atoms with Gasteiger partial charge in [0, 0.05) is 22.3 Å². The van der Waals surface area contributed by atoms with Crippen LogP contribution in [0, 0.1) is 13.8 Å². The van der Waals surface area contributed by atoms with Crippen molar-refractivity contribution >= 4 is 22.5 Å². The van der Waals surface area contributed by atoms with Crippen LogP contribution in [0.2, 0.25) is 0 Å². The highest BCUT2D eigenvalue weighted by molar-refractivity contribution is 5.99. The Labute approximate surface area is 209 Å². The number of fused-ring (bicyclic) bond motifs is 2. The molecule has 7 heteroatoms. The molecule has 0 saturated carbocycles. The molecule has 0 spiro atoms. The van der Waals surface area contributed by atoms with Crippen LogP contribution < -0.4 is 14.2 Å². The fourth-order valence-corrected chi connectivity index (χ4v) is 4.44. The highest BCUT2D eigenvalue weighted by atomic mass is 16.6. The molecule has 0 radical (unpaired) electrons. The number of carbonyl (C=O) groups is 2. The van der Waals surface area contributed by atoms with Gasteiger partial charge in [-0.2, -0.15) is 0 Å². The highest BCUT2D eigenvalue weighted by Crippen LogP contribution is 2.31. The first-order valence-electron chi connectivity index (χ1n) is 11.8. The minimum Gasteiger partial charge on any atom is -0.486 e. The number of esters is 1. The zero-order valence-electron chi connectivity index (χ0n) is 20.2. The lowest BCUT2D eigenvalue weighted by Crippen LogP contribution is -2.33. The molecule has 0 amide bonds. The van der Waals surface area contributed by atoms with Crippen molar-refractivity contribution in [2.45, 2.75) is 26.5 Å². The molecule has 5 rings (SSSR count). The quantitative estimate of drug-likeness (QED) is 0.261. The Morgan fingerprint density at radius 3 is 2.56 bits per heavy atom. The van der Waals surface area contributed by atoms with E-state index in [1.807, 2.05) is 85.1 Å². The maximum absolute atomic E-state index is 12.9. The van der Waals surface area contributed by atoms with E-state index in [-0.39, 0.29) is 25.1 Å². The lowest BCUT2D eigenvalue weighted by molar-refractivity contribution is -0.144. The first kappa shape index (κ1) is 23.5. The summed E-state index contributed by atoms with van der Waals surface area (Å²) < 4.78 is 24.8. The van der Waals surface area contributed by atoms with Gasteiger partial charge in [0.05, 0.1) is 6.54 Å². The van der Waals surface area contributed by atoms with Crippen LogP contribution in [0.1, 0.15) is 21.7 Å². The molecule has 0 fully saturated rings. The van der Waals surface area contributed by atoms with Crippen molar-refractivity contribution in [3.05, 3.63) is 89.7 Å². The SMILES string of the molecule is Cc1cc(C(=O)COC(=O)COc2cccc3ccccc23)c(C)n1CC1COc2ccccc2O1. The zero-order chi connectivity index (χ0) is 25.1. The van der Waals surface area contributed by atoms with Gasteiger partial charge in [-0.25, -0.2) is 4.79 Å². The van der Waals surface area contributed by atoms with Gasteiger partial charge in [0.15, 0.2) is 30.8 Å². The molecule has 0 aliphatic carbocycles. The summed E-state index contributed by atoms with van der Waals surface area (Å²) >= 11 is 0. The van der Waals surface area contributed by atoms with E-state index in [1.54, 1.807) is 6.07 Å². The van der Waals surface area contributed by atoms with Gasteiger partial charge >= 0.3 is 5.97 Å². The van der Waals surface area contributed by atoms with Crippen molar-refractivity contribution in [1.29, 1.82) is 0 Å². The Balaban J connectivity index is 1.17. The Morgan fingerprint density at radius 1 is 0.944 bits per heavy atom. The maximum atomic E-state index is 12.9. The molecule has 0 bridgehead atoms. The topological polar surface area (TPSA) is 76.0 Å². The monoisotopic (exact) mass is 485 g/mol. The number of nitrogens with zero attached hydrogens (tertiary/aromatic N) is 1. The van der Waals surface area contributed by atoms with Crippen LogP contribution in [-0.2, 0) is 16.1 Å². The second kappa shape index (κ2) is 10.2. The van der Waals surface area contributed by atoms with Crippen LogP contribution in [0.15, 0.2) is 72.8 Å². The van der Waals surface area contributed by atoms with Gasteiger partial charge in [-0.3, -0.25) is 4.79 Å². The summed E-state index contributed by atoms with van der Waals surface area (Å²) in [6.07, 6.45) is -0.184. The normalized spacial score (nSPS) is 14.4.